The first-order valence-corrected chi connectivity index (χ1v) is 8.13. The van der Waals surface area contributed by atoms with E-state index in [1.807, 2.05) is 14.1 Å². The summed E-state index contributed by atoms with van der Waals surface area (Å²) in [5, 5.41) is 6.18. The van der Waals surface area contributed by atoms with Crippen LogP contribution in [-0.4, -0.2) is 40.4 Å². The Bertz CT molecular complexity index is 613. The van der Waals surface area contributed by atoms with Crippen molar-refractivity contribution in [3.8, 4) is 22.6 Å². The molecule has 0 aliphatic heterocycles. The predicted molar refractivity (Wildman–Crippen MR) is 93.5 cm³/mol. The van der Waals surface area contributed by atoms with Crippen molar-refractivity contribution in [3.05, 3.63) is 47.5 Å². The van der Waals surface area contributed by atoms with Crippen molar-refractivity contribution in [3.63, 3.8) is 0 Å². The molecule has 2 N–H and O–H groups in total. The van der Waals surface area contributed by atoms with Gasteiger partial charge in [-0.3, -0.25) is 0 Å². The number of rotatable bonds is 8. The Balaban J connectivity index is 1.72. The topological polar surface area (TPSA) is 42.5 Å². The van der Waals surface area contributed by atoms with Crippen LogP contribution >= 0.6 is 0 Å². The highest BCUT2D eigenvalue weighted by molar-refractivity contribution is 5.78. The minimum atomic E-state index is 0.686. The highest BCUT2D eigenvalue weighted by Gasteiger charge is 2.19. The van der Waals surface area contributed by atoms with Crippen LogP contribution in [0.2, 0.25) is 0 Å². The third-order valence-corrected chi connectivity index (χ3v) is 4.07. The number of fused-ring (bicyclic) bond motifs is 3. The standard InChI is InChI=1S/C19H24N2O2/c1-20-7-9-22-16-3-5-18-14(12-16)11-15-13-17(4-6-19(15)18)23-10-8-21-2/h3-6,12-13,20-21H,7-11H2,1-2H3. The molecule has 23 heavy (non-hydrogen) atoms. The number of likely N-dealkylation sites (N-methyl/N-ethyl adjacent to an activating group) is 2. The summed E-state index contributed by atoms with van der Waals surface area (Å²) < 4.78 is 11.5. The number of nitrogens with one attached hydrogen (secondary N) is 2. The van der Waals surface area contributed by atoms with Gasteiger partial charge < -0.3 is 20.1 Å². The maximum absolute atomic E-state index is 5.77. The second-order valence-corrected chi connectivity index (χ2v) is 5.72. The van der Waals surface area contributed by atoms with Crippen molar-refractivity contribution in [2.75, 3.05) is 40.4 Å². The third-order valence-electron chi connectivity index (χ3n) is 4.07. The number of benzene rings is 2. The first kappa shape index (κ1) is 15.8. The van der Waals surface area contributed by atoms with Crippen molar-refractivity contribution >= 4 is 0 Å². The van der Waals surface area contributed by atoms with Gasteiger partial charge in [0.05, 0.1) is 0 Å². The van der Waals surface area contributed by atoms with Crippen molar-refractivity contribution in [1.29, 1.82) is 0 Å². The Morgan fingerprint density at radius 2 is 1.26 bits per heavy atom. The van der Waals surface area contributed by atoms with E-state index >= 15 is 0 Å². The largest absolute Gasteiger partial charge is 0.492 e. The van der Waals surface area contributed by atoms with E-state index in [0.717, 1.165) is 31.0 Å². The smallest absolute Gasteiger partial charge is 0.119 e. The summed E-state index contributed by atoms with van der Waals surface area (Å²) in [5.74, 6) is 1.88. The Kier molecular flexibility index (Phi) is 5.16. The molecule has 4 nitrogen and oxygen atoms in total. The molecular formula is C19H24N2O2. The number of hydrogen-bond donors (Lipinski definition) is 2. The van der Waals surface area contributed by atoms with E-state index in [1.54, 1.807) is 0 Å². The lowest BCUT2D eigenvalue weighted by Crippen LogP contribution is -2.15. The summed E-state index contributed by atoms with van der Waals surface area (Å²) in [6.45, 7) is 3.08. The van der Waals surface area contributed by atoms with Crippen LogP contribution in [0, 0.1) is 0 Å². The van der Waals surface area contributed by atoms with Crippen LogP contribution in [0.3, 0.4) is 0 Å². The highest BCUT2D eigenvalue weighted by atomic mass is 16.5. The highest BCUT2D eigenvalue weighted by Crippen LogP contribution is 2.39. The monoisotopic (exact) mass is 312 g/mol. The van der Waals surface area contributed by atoms with E-state index in [0.29, 0.717) is 13.2 Å². The molecule has 0 radical (unpaired) electrons. The van der Waals surface area contributed by atoms with Crippen LogP contribution in [0.5, 0.6) is 11.5 Å². The molecule has 2 aromatic carbocycles. The molecule has 0 spiro atoms. The molecule has 0 fully saturated rings. The van der Waals surface area contributed by atoms with Gasteiger partial charge in [0.25, 0.3) is 0 Å². The first-order valence-electron chi connectivity index (χ1n) is 8.13. The zero-order chi connectivity index (χ0) is 16.1. The van der Waals surface area contributed by atoms with Gasteiger partial charge in [-0.15, -0.1) is 0 Å². The van der Waals surface area contributed by atoms with Gasteiger partial charge in [-0.05, 0) is 67.0 Å². The summed E-state index contributed by atoms with van der Waals surface area (Å²) in [6, 6.07) is 12.8. The van der Waals surface area contributed by atoms with Gasteiger partial charge in [0.15, 0.2) is 0 Å². The SMILES string of the molecule is CNCCOc1ccc2c(c1)Cc1cc(OCCNC)ccc1-2. The summed E-state index contributed by atoms with van der Waals surface area (Å²) in [7, 11) is 3.86. The molecule has 0 saturated carbocycles. The lowest BCUT2D eigenvalue weighted by Gasteiger charge is -2.08. The van der Waals surface area contributed by atoms with Crippen molar-refractivity contribution < 1.29 is 9.47 Å². The lowest BCUT2D eigenvalue weighted by molar-refractivity contribution is 0.318. The second-order valence-electron chi connectivity index (χ2n) is 5.72. The normalized spacial score (nSPS) is 11.9. The van der Waals surface area contributed by atoms with Crippen molar-refractivity contribution in [2.24, 2.45) is 0 Å². The van der Waals surface area contributed by atoms with E-state index in [2.05, 4.69) is 47.0 Å². The van der Waals surface area contributed by atoms with Crippen LogP contribution in [-0.2, 0) is 6.42 Å². The van der Waals surface area contributed by atoms with E-state index in [-0.39, 0.29) is 0 Å². The van der Waals surface area contributed by atoms with Crippen LogP contribution in [0.4, 0.5) is 0 Å². The van der Waals surface area contributed by atoms with E-state index in [9.17, 15) is 0 Å². The number of ether oxygens (including phenoxy) is 2. The fourth-order valence-electron chi connectivity index (χ4n) is 2.88. The quantitative estimate of drug-likeness (QED) is 0.627. The molecule has 0 aromatic heterocycles. The summed E-state index contributed by atoms with van der Waals surface area (Å²) >= 11 is 0. The molecule has 3 rings (SSSR count). The van der Waals surface area contributed by atoms with E-state index in [4.69, 9.17) is 9.47 Å². The molecule has 0 saturated heterocycles. The van der Waals surface area contributed by atoms with Gasteiger partial charge in [0.2, 0.25) is 0 Å². The van der Waals surface area contributed by atoms with Crippen LogP contribution in [0.1, 0.15) is 11.1 Å². The molecule has 0 bridgehead atoms. The second kappa shape index (κ2) is 7.49. The van der Waals surface area contributed by atoms with Gasteiger partial charge in [-0.1, -0.05) is 12.1 Å². The summed E-state index contributed by atoms with van der Waals surface area (Å²) in [5.41, 5.74) is 5.27. The molecule has 0 unspecified atom stereocenters. The van der Waals surface area contributed by atoms with Gasteiger partial charge in [0.1, 0.15) is 24.7 Å². The van der Waals surface area contributed by atoms with Gasteiger partial charge in [-0.2, -0.15) is 0 Å². The summed E-state index contributed by atoms with van der Waals surface area (Å²) in [4.78, 5) is 0. The van der Waals surface area contributed by atoms with Gasteiger partial charge in [-0.25, -0.2) is 0 Å². The molecule has 1 aliphatic rings. The Labute approximate surface area is 137 Å². The van der Waals surface area contributed by atoms with Crippen molar-refractivity contribution in [2.45, 2.75) is 6.42 Å². The number of hydrogen-bond acceptors (Lipinski definition) is 4. The third kappa shape index (κ3) is 3.66. The molecule has 1 aliphatic carbocycles. The maximum atomic E-state index is 5.77. The Hall–Kier alpha value is -2.04. The Morgan fingerprint density at radius 1 is 0.783 bits per heavy atom. The zero-order valence-electron chi connectivity index (χ0n) is 13.8. The molecular weight excluding hydrogens is 288 g/mol. The van der Waals surface area contributed by atoms with E-state index in [1.165, 1.54) is 22.3 Å². The molecule has 0 atom stereocenters. The fraction of sp³-hybridized carbons (Fsp3) is 0.368. The van der Waals surface area contributed by atoms with E-state index < -0.39 is 0 Å². The molecule has 2 aromatic rings. The van der Waals surface area contributed by atoms with Gasteiger partial charge in [0, 0.05) is 13.1 Å². The lowest BCUT2D eigenvalue weighted by atomic mass is 10.1. The molecule has 0 amide bonds. The fourth-order valence-corrected chi connectivity index (χ4v) is 2.88. The minimum absolute atomic E-state index is 0.686. The van der Waals surface area contributed by atoms with Crippen LogP contribution in [0.25, 0.3) is 11.1 Å². The molecule has 4 heteroatoms. The Morgan fingerprint density at radius 3 is 1.70 bits per heavy atom. The average Bonchev–Trinajstić information content (AvgIpc) is 2.92. The minimum Gasteiger partial charge on any atom is -0.492 e. The van der Waals surface area contributed by atoms with Gasteiger partial charge >= 0.3 is 0 Å². The predicted octanol–water partition coefficient (Wildman–Crippen LogP) is 2.45. The molecule has 122 valence electrons. The molecule has 0 heterocycles. The zero-order valence-corrected chi connectivity index (χ0v) is 13.8. The maximum Gasteiger partial charge on any atom is 0.119 e. The van der Waals surface area contributed by atoms with Crippen LogP contribution in [0.15, 0.2) is 36.4 Å². The van der Waals surface area contributed by atoms with Crippen molar-refractivity contribution in [1.82, 2.24) is 10.6 Å². The first-order chi connectivity index (χ1) is 11.3. The van der Waals surface area contributed by atoms with Crippen LogP contribution < -0.4 is 20.1 Å². The average molecular weight is 312 g/mol. The summed E-state index contributed by atoms with van der Waals surface area (Å²) in [6.07, 6.45) is 0.942.